The van der Waals surface area contributed by atoms with Gasteiger partial charge in [-0.3, -0.25) is 4.79 Å². The first-order chi connectivity index (χ1) is 14.6. The highest BCUT2D eigenvalue weighted by Crippen LogP contribution is 2.27. The summed E-state index contributed by atoms with van der Waals surface area (Å²) < 4.78 is 2.23. The maximum absolute atomic E-state index is 12.9. The summed E-state index contributed by atoms with van der Waals surface area (Å²) in [5.74, 6) is 1.79. The van der Waals surface area contributed by atoms with Gasteiger partial charge in [0.2, 0.25) is 0 Å². The first kappa shape index (κ1) is 18.6. The molecule has 0 bridgehead atoms. The van der Waals surface area contributed by atoms with E-state index < -0.39 is 0 Å². The van der Waals surface area contributed by atoms with Crippen LogP contribution in [0.5, 0.6) is 0 Å². The number of H-pyrrole nitrogens is 1. The molecule has 6 nitrogen and oxygen atoms in total. The predicted molar refractivity (Wildman–Crippen MR) is 119 cm³/mol. The zero-order valence-corrected chi connectivity index (χ0v) is 17.3. The molecule has 2 N–H and O–H groups in total. The van der Waals surface area contributed by atoms with Gasteiger partial charge in [0.05, 0.1) is 0 Å². The van der Waals surface area contributed by atoms with Crippen LogP contribution in [0.15, 0.2) is 42.5 Å². The molecule has 0 atom stereocenters. The normalized spacial score (nSPS) is 13.8. The van der Waals surface area contributed by atoms with Gasteiger partial charge in [0, 0.05) is 35.1 Å². The second-order valence-corrected chi connectivity index (χ2v) is 8.16. The van der Waals surface area contributed by atoms with Crippen molar-refractivity contribution in [3.05, 3.63) is 65.1 Å². The third-order valence-electron chi connectivity index (χ3n) is 5.88. The number of nitrogens with zero attached hydrogens (tertiary/aromatic N) is 3. The lowest BCUT2D eigenvalue weighted by Crippen LogP contribution is -2.13. The number of carbonyl (C=O) groups is 1. The number of rotatable bonds is 3. The van der Waals surface area contributed by atoms with Gasteiger partial charge in [-0.15, -0.1) is 10.2 Å². The molecule has 0 fully saturated rings. The smallest absolute Gasteiger partial charge is 0.272 e. The Bertz CT molecular complexity index is 1250. The molecule has 2 aromatic carbocycles. The number of aryl methyl sites for hydroxylation is 3. The van der Waals surface area contributed by atoms with Crippen LogP contribution in [0.1, 0.15) is 46.7 Å². The number of nitrogens with one attached hydrogen (secondary N) is 2. The van der Waals surface area contributed by atoms with Crippen LogP contribution in [-0.2, 0) is 13.0 Å². The fourth-order valence-corrected chi connectivity index (χ4v) is 4.15. The molecule has 0 spiro atoms. The highest BCUT2D eigenvalue weighted by Gasteiger charge is 2.17. The number of aromatic nitrogens is 4. The van der Waals surface area contributed by atoms with Crippen LogP contribution in [0.2, 0.25) is 0 Å². The number of anilines is 1. The first-order valence-corrected chi connectivity index (χ1v) is 10.5. The Hall–Kier alpha value is -3.41. The zero-order chi connectivity index (χ0) is 20.7. The Morgan fingerprint density at radius 3 is 2.83 bits per heavy atom. The third kappa shape index (κ3) is 3.38. The highest BCUT2D eigenvalue weighted by molar-refractivity contribution is 6.06. The van der Waals surface area contributed by atoms with Gasteiger partial charge < -0.3 is 14.9 Å². The number of amides is 1. The average Bonchev–Trinajstić information content (AvgIpc) is 3.26. The second-order valence-electron chi connectivity index (χ2n) is 8.16. The van der Waals surface area contributed by atoms with E-state index >= 15 is 0 Å². The van der Waals surface area contributed by atoms with Gasteiger partial charge in [-0.2, -0.15) is 0 Å². The minimum Gasteiger partial charge on any atom is -0.351 e. The van der Waals surface area contributed by atoms with Crippen molar-refractivity contribution in [1.82, 2.24) is 19.7 Å². The Morgan fingerprint density at radius 2 is 1.93 bits per heavy atom. The van der Waals surface area contributed by atoms with Gasteiger partial charge in [-0.05, 0) is 56.0 Å². The fourth-order valence-electron chi connectivity index (χ4n) is 4.15. The number of fused-ring (bicyclic) bond motifs is 2. The second kappa shape index (κ2) is 7.44. The molecule has 30 heavy (non-hydrogen) atoms. The Kier molecular flexibility index (Phi) is 4.62. The van der Waals surface area contributed by atoms with Crippen LogP contribution in [0, 0.1) is 13.8 Å². The van der Waals surface area contributed by atoms with Crippen molar-refractivity contribution < 1.29 is 4.79 Å². The summed E-state index contributed by atoms with van der Waals surface area (Å²) in [6.07, 6.45) is 4.51. The summed E-state index contributed by atoms with van der Waals surface area (Å²) in [5, 5.41) is 13.0. The lowest BCUT2D eigenvalue weighted by Gasteiger charge is -2.11. The van der Waals surface area contributed by atoms with E-state index in [1.165, 1.54) is 6.42 Å². The van der Waals surface area contributed by atoms with Gasteiger partial charge in [0.25, 0.3) is 5.91 Å². The molecular weight excluding hydrogens is 374 g/mol. The van der Waals surface area contributed by atoms with E-state index in [1.807, 2.05) is 44.2 Å². The number of benzene rings is 2. The average molecular weight is 399 g/mol. The van der Waals surface area contributed by atoms with Crippen LogP contribution in [-0.4, -0.2) is 25.7 Å². The van der Waals surface area contributed by atoms with Crippen molar-refractivity contribution >= 4 is 22.5 Å². The minimum absolute atomic E-state index is 0.149. The van der Waals surface area contributed by atoms with Crippen LogP contribution in [0.3, 0.4) is 0 Å². The number of carbonyl (C=O) groups excluding carboxylic acids is 1. The van der Waals surface area contributed by atoms with E-state index in [2.05, 4.69) is 37.2 Å². The zero-order valence-electron chi connectivity index (χ0n) is 17.3. The Morgan fingerprint density at radius 1 is 1.03 bits per heavy atom. The lowest BCUT2D eigenvalue weighted by atomic mass is 10.1. The molecule has 0 unspecified atom stereocenters. The summed E-state index contributed by atoms with van der Waals surface area (Å²) in [5.41, 5.74) is 5.46. The topological polar surface area (TPSA) is 75.6 Å². The van der Waals surface area contributed by atoms with Crippen LogP contribution in [0.25, 0.3) is 22.3 Å². The molecule has 1 aliphatic heterocycles. The van der Waals surface area contributed by atoms with E-state index in [0.29, 0.717) is 5.69 Å². The van der Waals surface area contributed by atoms with Crippen LogP contribution in [0.4, 0.5) is 5.69 Å². The van der Waals surface area contributed by atoms with E-state index in [0.717, 1.165) is 70.7 Å². The molecule has 2 aromatic heterocycles. The molecule has 0 radical (unpaired) electrons. The van der Waals surface area contributed by atoms with Gasteiger partial charge in [0.1, 0.15) is 11.5 Å². The molecule has 152 valence electrons. The standard InChI is InChI=1S/C24H25N5O/c1-15-7-9-17-13-21(25-20(17)12-15)24(30)26-19-14-18(10-8-16(19)2)23-28-27-22-6-4-3-5-11-29(22)23/h7-10,12-14,25H,3-6,11H2,1-2H3,(H,26,30). The summed E-state index contributed by atoms with van der Waals surface area (Å²) in [7, 11) is 0. The molecule has 4 aromatic rings. The first-order valence-electron chi connectivity index (χ1n) is 10.5. The minimum atomic E-state index is -0.149. The lowest BCUT2D eigenvalue weighted by molar-refractivity contribution is 0.102. The van der Waals surface area contributed by atoms with Crippen molar-refractivity contribution in [2.24, 2.45) is 0 Å². The van der Waals surface area contributed by atoms with Crippen molar-refractivity contribution in [1.29, 1.82) is 0 Å². The van der Waals surface area contributed by atoms with Crippen molar-refractivity contribution in [2.45, 2.75) is 46.1 Å². The summed E-state index contributed by atoms with van der Waals surface area (Å²) >= 11 is 0. The van der Waals surface area contributed by atoms with Crippen molar-refractivity contribution in [3.8, 4) is 11.4 Å². The molecular formula is C24H25N5O. The number of hydrogen-bond acceptors (Lipinski definition) is 3. The van der Waals surface area contributed by atoms with E-state index in [4.69, 9.17) is 0 Å². The van der Waals surface area contributed by atoms with Gasteiger partial charge in [-0.25, -0.2) is 0 Å². The summed E-state index contributed by atoms with van der Waals surface area (Å²) in [6.45, 7) is 4.99. The molecule has 0 aliphatic carbocycles. The van der Waals surface area contributed by atoms with Gasteiger partial charge in [-0.1, -0.05) is 30.7 Å². The van der Waals surface area contributed by atoms with E-state index in [1.54, 1.807) is 0 Å². The van der Waals surface area contributed by atoms with Crippen LogP contribution < -0.4 is 5.32 Å². The van der Waals surface area contributed by atoms with E-state index in [-0.39, 0.29) is 5.91 Å². The Labute approximate surface area is 175 Å². The van der Waals surface area contributed by atoms with E-state index in [9.17, 15) is 4.79 Å². The third-order valence-corrected chi connectivity index (χ3v) is 5.88. The molecule has 5 rings (SSSR count). The molecule has 6 heteroatoms. The van der Waals surface area contributed by atoms with Crippen molar-refractivity contribution in [2.75, 3.05) is 5.32 Å². The quantitative estimate of drug-likeness (QED) is 0.508. The molecule has 0 saturated carbocycles. The summed E-state index contributed by atoms with van der Waals surface area (Å²) in [4.78, 5) is 16.1. The van der Waals surface area contributed by atoms with Crippen molar-refractivity contribution in [3.63, 3.8) is 0 Å². The predicted octanol–water partition coefficient (Wildman–Crippen LogP) is 5.02. The molecule has 1 amide bonds. The summed E-state index contributed by atoms with van der Waals surface area (Å²) in [6, 6.07) is 14.1. The highest BCUT2D eigenvalue weighted by atomic mass is 16.1. The van der Waals surface area contributed by atoms with Gasteiger partial charge in [0.15, 0.2) is 5.82 Å². The fraction of sp³-hybridized carbons (Fsp3) is 0.292. The maximum Gasteiger partial charge on any atom is 0.272 e. The number of hydrogen-bond donors (Lipinski definition) is 2. The molecule has 1 aliphatic rings. The monoisotopic (exact) mass is 399 g/mol. The Balaban J connectivity index is 1.45. The van der Waals surface area contributed by atoms with Crippen LogP contribution >= 0.6 is 0 Å². The van der Waals surface area contributed by atoms with Gasteiger partial charge >= 0.3 is 0 Å². The maximum atomic E-state index is 12.9. The largest absolute Gasteiger partial charge is 0.351 e. The SMILES string of the molecule is Cc1ccc2cc(C(=O)Nc3cc(-c4nnc5n4CCCCC5)ccc3C)[nH]c2c1. The number of aromatic amines is 1. The molecule has 3 heterocycles. The molecule has 0 saturated heterocycles.